The summed E-state index contributed by atoms with van der Waals surface area (Å²) >= 11 is 1.35. The molecule has 26 valence electrons. The molecule has 2 radical (unpaired) electrons. The molecule has 3 heteroatoms. The molecule has 0 aromatic rings. The van der Waals surface area contributed by atoms with Crippen molar-refractivity contribution in [1.82, 2.24) is 0 Å². The average molecular weight is 198 g/mol. The summed E-state index contributed by atoms with van der Waals surface area (Å²) in [6, 6.07) is 0. The number of hydrogen-bond acceptors (Lipinski definition) is 0. The summed E-state index contributed by atoms with van der Waals surface area (Å²) in [5.74, 6) is 0. The van der Waals surface area contributed by atoms with E-state index in [4.69, 9.17) is 0 Å². The zero-order valence-electron chi connectivity index (χ0n) is 2.99. The van der Waals surface area contributed by atoms with Crippen LogP contribution in [0.15, 0.2) is 0 Å². The fourth-order valence-corrected chi connectivity index (χ4v) is 0. The van der Waals surface area contributed by atoms with E-state index >= 15 is 0 Å². The maximum absolute atomic E-state index is 2.13. The van der Waals surface area contributed by atoms with Crippen LogP contribution in [0.3, 0.4) is 0 Å². The first kappa shape index (κ1) is 17.2. The van der Waals surface area contributed by atoms with Crippen molar-refractivity contribution in [1.29, 1.82) is 0 Å². The van der Waals surface area contributed by atoms with Gasteiger partial charge in [0, 0.05) is 0 Å². The molecule has 0 heterocycles. The van der Waals surface area contributed by atoms with Crippen molar-refractivity contribution in [3.8, 4) is 0 Å². The van der Waals surface area contributed by atoms with E-state index in [-0.39, 0.29) is 19.8 Å². The van der Waals surface area contributed by atoms with E-state index in [0.29, 0.717) is 0 Å². The van der Waals surface area contributed by atoms with Gasteiger partial charge in [-0.25, -0.2) is 0 Å². The second-order valence-electron chi connectivity index (χ2n) is 0. The molecule has 0 bridgehead atoms. The van der Waals surface area contributed by atoms with Gasteiger partial charge in [0.25, 0.3) is 0 Å². The van der Waals surface area contributed by atoms with Crippen molar-refractivity contribution >= 4 is 44.2 Å². The van der Waals surface area contributed by atoms with Gasteiger partial charge in [0.15, 0.2) is 0 Å². The first-order valence-corrected chi connectivity index (χ1v) is 3.87. The Kier molecular flexibility index (Phi) is 94.5. The van der Waals surface area contributed by atoms with Gasteiger partial charge in [-0.2, -0.15) is 19.8 Å². The Morgan fingerprint density at radius 3 is 1.00 bits per heavy atom. The summed E-state index contributed by atoms with van der Waals surface area (Å²) in [6.07, 6.45) is 0. The molecular weight excluding hydrogens is 189 g/mol. The fraction of sp³-hybridized carbons (Fsp3) is 1.00. The van der Waals surface area contributed by atoms with Crippen LogP contribution < -0.4 is 0 Å². The van der Waals surface area contributed by atoms with Crippen LogP contribution >= 0.6 is 19.8 Å². The Balaban J connectivity index is -0.00000000500. The summed E-state index contributed by atoms with van der Waals surface area (Å²) in [5, 5.41) is 0. The molecule has 0 saturated carbocycles. The van der Waals surface area contributed by atoms with Gasteiger partial charge < -0.3 is 0 Å². The van der Waals surface area contributed by atoms with E-state index in [1.807, 2.05) is 0 Å². The van der Waals surface area contributed by atoms with Gasteiger partial charge in [-0.1, -0.05) is 0 Å². The van der Waals surface area contributed by atoms with Crippen LogP contribution in [0, 0.1) is 0 Å². The first-order valence-electron chi connectivity index (χ1n) is 0.577. The van der Waals surface area contributed by atoms with Crippen LogP contribution in [0.2, 0.25) is 4.68 Å². The van der Waals surface area contributed by atoms with E-state index in [0.717, 1.165) is 0 Å². The SMILES string of the molecule is P.P.[CH3][In]. The second kappa shape index (κ2) is 22.0. The molecule has 0 spiro atoms. The minimum absolute atomic E-state index is 0. The van der Waals surface area contributed by atoms with Crippen LogP contribution in [0.5, 0.6) is 0 Å². The summed E-state index contributed by atoms with van der Waals surface area (Å²) in [4.78, 5) is 0. The summed E-state index contributed by atoms with van der Waals surface area (Å²) in [7, 11) is 0. The molecular formula is CH9InP2. The average Bonchev–Trinajstić information content (AvgIpc) is 1.00. The predicted octanol–water partition coefficient (Wildman–Crippen LogP) is 0.319. The molecule has 0 amide bonds. The van der Waals surface area contributed by atoms with Gasteiger partial charge in [-0.3, -0.25) is 0 Å². The third-order valence-corrected chi connectivity index (χ3v) is 0. The molecule has 0 aromatic heterocycles. The van der Waals surface area contributed by atoms with Crippen molar-refractivity contribution in [2.75, 3.05) is 0 Å². The maximum atomic E-state index is 2.13. The van der Waals surface area contributed by atoms with E-state index in [1.54, 1.807) is 0 Å². The Morgan fingerprint density at radius 1 is 1.00 bits per heavy atom. The molecule has 0 saturated heterocycles. The van der Waals surface area contributed by atoms with Crippen LogP contribution in [-0.4, -0.2) is 24.4 Å². The summed E-state index contributed by atoms with van der Waals surface area (Å²) in [6.45, 7) is 0. The Labute approximate surface area is 48.9 Å². The summed E-state index contributed by atoms with van der Waals surface area (Å²) < 4.78 is 2.13. The zero-order valence-corrected chi connectivity index (χ0v) is 9.12. The molecule has 0 rings (SSSR count). The normalized spacial score (nSPS) is 1.25. The number of rotatable bonds is 0. The van der Waals surface area contributed by atoms with Crippen molar-refractivity contribution in [2.45, 2.75) is 4.68 Å². The van der Waals surface area contributed by atoms with Crippen molar-refractivity contribution in [3.63, 3.8) is 0 Å². The van der Waals surface area contributed by atoms with E-state index in [1.165, 1.54) is 24.4 Å². The standard InChI is InChI=1S/CH3.In.2H3P/h1H3;;2*1H3. The summed E-state index contributed by atoms with van der Waals surface area (Å²) in [5.41, 5.74) is 0. The molecule has 0 aliphatic rings. The van der Waals surface area contributed by atoms with Gasteiger partial charge in [-0.05, 0) is 0 Å². The van der Waals surface area contributed by atoms with E-state index in [9.17, 15) is 0 Å². The quantitative estimate of drug-likeness (QED) is 0.491. The Hall–Kier alpha value is 1.73. The molecule has 0 N–H and O–H groups in total. The Morgan fingerprint density at radius 2 is 1.00 bits per heavy atom. The molecule has 0 aromatic carbocycles. The van der Waals surface area contributed by atoms with Gasteiger partial charge in [0.2, 0.25) is 0 Å². The molecule has 0 fully saturated rings. The van der Waals surface area contributed by atoms with Gasteiger partial charge in [-0.15, -0.1) is 0 Å². The van der Waals surface area contributed by atoms with Crippen LogP contribution in [0.1, 0.15) is 0 Å². The van der Waals surface area contributed by atoms with Crippen LogP contribution in [-0.2, 0) is 0 Å². The number of hydrogen-bond donors (Lipinski definition) is 0. The minimum atomic E-state index is 0. The molecule has 4 heavy (non-hydrogen) atoms. The topological polar surface area (TPSA) is 0 Å². The third kappa shape index (κ3) is 9.29. The third-order valence-electron chi connectivity index (χ3n) is 0. The van der Waals surface area contributed by atoms with Crippen LogP contribution in [0.4, 0.5) is 0 Å². The molecule has 0 nitrogen and oxygen atoms in total. The van der Waals surface area contributed by atoms with Gasteiger partial charge in [0.1, 0.15) is 0 Å². The molecule has 2 atom stereocenters. The van der Waals surface area contributed by atoms with Gasteiger partial charge in [0.05, 0.1) is 0 Å². The Bertz CT molecular complexity index is 6.00. The molecule has 0 aliphatic heterocycles. The first-order chi connectivity index (χ1) is 1.00. The van der Waals surface area contributed by atoms with Crippen molar-refractivity contribution in [3.05, 3.63) is 0 Å². The van der Waals surface area contributed by atoms with E-state index in [2.05, 4.69) is 4.68 Å². The van der Waals surface area contributed by atoms with Crippen LogP contribution in [0.25, 0.3) is 0 Å². The zero-order chi connectivity index (χ0) is 2.00. The van der Waals surface area contributed by atoms with Gasteiger partial charge >= 0.3 is 29.1 Å². The van der Waals surface area contributed by atoms with Crippen molar-refractivity contribution in [2.24, 2.45) is 0 Å². The molecule has 0 aliphatic carbocycles. The monoisotopic (exact) mass is 198 g/mol. The second-order valence-corrected chi connectivity index (χ2v) is 0. The molecule has 2 unspecified atom stereocenters. The predicted molar refractivity (Wildman–Crippen MR) is 33.8 cm³/mol. The van der Waals surface area contributed by atoms with Crippen molar-refractivity contribution < 1.29 is 0 Å². The fourth-order valence-electron chi connectivity index (χ4n) is 0. The van der Waals surface area contributed by atoms with E-state index < -0.39 is 0 Å².